The van der Waals surface area contributed by atoms with Crippen molar-refractivity contribution in [1.29, 1.82) is 0 Å². The number of thiophene rings is 1. The lowest BCUT2D eigenvalue weighted by atomic mass is 10.2. The third kappa shape index (κ3) is 4.04. The quantitative estimate of drug-likeness (QED) is 0.279. The molecule has 0 saturated heterocycles. The number of nitrogens with one attached hydrogen (secondary N) is 1. The minimum absolute atomic E-state index is 0.0537. The van der Waals surface area contributed by atoms with Gasteiger partial charge in [0.1, 0.15) is 0 Å². The van der Waals surface area contributed by atoms with E-state index in [1.807, 2.05) is 17.5 Å². The minimum Gasteiger partial charge on any atom is -0.493 e. The SMILES string of the molecule is COc1cc(/C=N\n2c(Cc3cccs3)n[nH]c2=S)cc([N+](=O)[O-])c1OC. The van der Waals surface area contributed by atoms with Crippen LogP contribution in [0.5, 0.6) is 11.5 Å². The molecule has 140 valence electrons. The predicted molar refractivity (Wildman–Crippen MR) is 104 cm³/mol. The highest BCUT2D eigenvalue weighted by molar-refractivity contribution is 7.71. The van der Waals surface area contributed by atoms with Crippen molar-refractivity contribution in [3.63, 3.8) is 0 Å². The standard InChI is InChI=1S/C16H15N5O4S2/c1-24-13-7-10(6-12(21(22)23)15(13)25-2)9-17-20-14(18-19-16(20)26)8-11-4-3-5-27-11/h3-7,9H,8H2,1-2H3,(H,19,26)/b17-9-. The van der Waals surface area contributed by atoms with Crippen molar-refractivity contribution in [2.24, 2.45) is 5.10 Å². The maximum absolute atomic E-state index is 11.3. The van der Waals surface area contributed by atoms with Gasteiger partial charge in [0, 0.05) is 22.9 Å². The summed E-state index contributed by atoms with van der Waals surface area (Å²) in [6, 6.07) is 6.90. The van der Waals surface area contributed by atoms with Crippen molar-refractivity contribution in [1.82, 2.24) is 14.9 Å². The van der Waals surface area contributed by atoms with E-state index in [2.05, 4.69) is 15.3 Å². The number of aromatic nitrogens is 3. The van der Waals surface area contributed by atoms with Crippen molar-refractivity contribution in [3.8, 4) is 11.5 Å². The first-order chi connectivity index (χ1) is 13.0. The van der Waals surface area contributed by atoms with Gasteiger partial charge in [-0.05, 0) is 29.7 Å². The second kappa shape index (κ2) is 8.10. The molecule has 3 rings (SSSR count). The van der Waals surface area contributed by atoms with Crippen LogP contribution in [0.3, 0.4) is 0 Å². The summed E-state index contributed by atoms with van der Waals surface area (Å²) >= 11 is 6.83. The molecule has 0 aliphatic rings. The number of aromatic amines is 1. The summed E-state index contributed by atoms with van der Waals surface area (Å²) in [6.07, 6.45) is 2.02. The lowest BCUT2D eigenvalue weighted by Crippen LogP contribution is -2.01. The Hall–Kier alpha value is -3.05. The fourth-order valence-corrected chi connectivity index (χ4v) is 3.33. The monoisotopic (exact) mass is 405 g/mol. The lowest BCUT2D eigenvalue weighted by Gasteiger charge is -2.08. The van der Waals surface area contributed by atoms with Crippen molar-refractivity contribution in [3.05, 3.63) is 60.8 Å². The summed E-state index contributed by atoms with van der Waals surface area (Å²) in [5, 5.41) is 24.5. The number of H-pyrrole nitrogens is 1. The summed E-state index contributed by atoms with van der Waals surface area (Å²) in [5.74, 6) is 0.925. The number of hydrogen-bond donors (Lipinski definition) is 1. The third-order valence-corrected chi connectivity index (χ3v) is 4.77. The molecule has 0 aliphatic heterocycles. The number of nitrogens with zero attached hydrogens (tertiary/aromatic N) is 4. The van der Waals surface area contributed by atoms with Crippen molar-refractivity contribution >= 4 is 35.5 Å². The van der Waals surface area contributed by atoms with Gasteiger partial charge < -0.3 is 9.47 Å². The van der Waals surface area contributed by atoms with E-state index in [4.69, 9.17) is 21.7 Å². The molecule has 9 nitrogen and oxygen atoms in total. The van der Waals surface area contributed by atoms with Gasteiger partial charge in [0.25, 0.3) is 0 Å². The van der Waals surface area contributed by atoms with Crippen molar-refractivity contribution in [2.75, 3.05) is 14.2 Å². The Balaban J connectivity index is 1.97. The van der Waals surface area contributed by atoms with Gasteiger partial charge in [-0.3, -0.25) is 15.2 Å². The zero-order valence-corrected chi connectivity index (χ0v) is 16.0. The van der Waals surface area contributed by atoms with Gasteiger partial charge >= 0.3 is 5.69 Å². The van der Waals surface area contributed by atoms with E-state index in [1.165, 1.54) is 31.2 Å². The number of nitro benzene ring substituents is 1. The Morgan fingerprint density at radius 2 is 2.26 bits per heavy atom. The van der Waals surface area contributed by atoms with Crippen LogP contribution < -0.4 is 9.47 Å². The highest BCUT2D eigenvalue weighted by Gasteiger charge is 2.21. The zero-order valence-electron chi connectivity index (χ0n) is 14.4. The maximum atomic E-state index is 11.3. The molecule has 1 aromatic carbocycles. The maximum Gasteiger partial charge on any atom is 0.315 e. The van der Waals surface area contributed by atoms with Crippen molar-refractivity contribution < 1.29 is 14.4 Å². The number of rotatable bonds is 7. The average molecular weight is 405 g/mol. The molecule has 27 heavy (non-hydrogen) atoms. The molecule has 11 heteroatoms. The minimum atomic E-state index is -0.537. The summed E-state index contributed by atoms with van der Waals surface area (Å²) in [5.41, 5.74) is 0.248. The normalized spacial score (nSPS) is 11.0. The summed E-state index contributed by atoms with van der Waals surface area (Å²) in [6.45, 7) is 0. The van der Waals surface area contributed by atoms with E-state index in [0.717, 1.165) is 4.88 Å². The van der Waals surface area contributed by atoms with E-state index in [1.54, 1.807) is 17.4 Å². The largest absolute Gasteiger partial charge is 0.493 e. The number of benzene rings is 1. The molecular weight excluding hydrogens is 390 g/mol. The van der Waals surface area contributed by atoms with Crippen molar-refractivity contribution in [2.45, 2.75) is 6.42 Å². The average Bonchev–Trinajstić information content (AvgIpc) is 3.29. The molecule has 2 aromatic heterocycles. The van der Waals surface area contributed by atoms with Gasteiger partial charge in [0.05, 0.1) is 25.4 Å². The Morgan fingerprint density at radius 3 is 2.89 bits per heavy atom. The molecule has 0 atom stereocenters. The smallest absolute Gasteiger partial charge is 0.315 e. The first kappa shape index (κ1) is 18.7. The molecule has 0 bridgehead atoms. The van der Waals surface area contributed by atoms with E-state index in [0.29, 0.717) is 22.6 Å². The molecule has 0 unspecified atom stereocenters. The zero-order chi connectivity index (χ0) is 19.4. The molecular formula is C16H15N5O4S2. The fraction of sp³-hybridized carbons (Fsp3) is 0.188. The molecule has 2 heterocycles. The summed E-state index contributed by atoms with van der Waals surface area (Å²) < 4.78 is 12.1. The molecule has 3 aromatic rings. The molecule has 0 saturated carbocycles. The van der Waals surface area contributed by atoms with Gasteiger partial charge in [-0.15, -0.1) is 11.3 Å². The van der Waals surface area contributed by atoms with E-state index in [-0.39, 0.29) is 17.2 Å². The van der Waals surface area contributed by atoms with Gasteiger partial charge in [-0.1, -0.05) is 6.07 Å². The van der Waals surface area contributed by atoms with Crippen LogP contribution in [0.15, 0.2) is 34.7 Å². The van der Waals surface area contributed by atoms with E-state index >= 15 is 0 Å². The molecule has 0 fully saturated rings. The second-order valence-electron chi connectivity index (χ2n) is 5.29. The molecule has 0 spiro atoms. The first-order valence-corrected chi connectivity index (χ1v) is 8.95. The van der Waals surface area contributed by atoms with Gasteiger partial charge in [0.15, 0.2) is 11.6 Å². The van der Waals surface area contributed by atoms with Gasteiger partial charge in [-0.25, -0.2) is 0 Å². The Labute approximate surface area is 163 Å². The predicted octanol–water partition coefficient (Wildman–Crippen LogP) is 3.40. The highest BCUT2D eigenvalue weighted by atomic mass is 32.1. The van der Waals surface area contributed by atoms with E-state index < -0.39 is 4.92 Å². The number of hydrogen-bond acceptors (Lipinski definition) is 8. The van der Waals surface area contributed by atoms with Crippen LogP contribution in [0.25, 0.3) is 0 Å². The van der Waals surface area contributed by atoms with Crippen LogP contribution in [-0.4, -0.2) is 40.2 Å². The molecule has 0 radical (unpaired) electrons. The molecule has 0 amide bonds. The Kier molecular flexibility index (Phi) is 5.62. The topological polar surface area (TPSA) is 108 Å². The Bertz CT molecular complexity index is 1040. The fourth-order valence-electron chi connectivity index (χ4n) is 2.43. The summed E-state index contributed by atoms with van der Waals surface area (Å²) in [4.78, 5) is 11.9. The molecule has 1 N–H and O–H groups in total. The Morgan fingerprint density at radius 1 is 1.44 bits per heavy atom. The van der Waals surface area contributed by atoms with Crippen LogP contribution >= 0.6 is 23.6 Å². The van der Waals surface area contributed by atoms with Crippen LogP contribution in [0, 0.1) is 14.9 Å². The third-order valence-electron chi connectivity index (χ3n) is 3.63. The lowest BCUT2D eigenvalue weighted by molar-refractivity contribution is -0.385. The first-order valence-electron chi connectivity index (χ1n) is 7.67. The van der Waals surface area contributed by atoms with Crippen LogP contribution in [-0.2, 0) is 6.42 Å². The van der Waals surface area contributed by atoms with Crippen LogP contribution in [0.2, 0.25) is 0 Å². The number of nitro groups is 1. The van der Waals surface area contributed by atoms with Crippen LogP contribution in [0.1, 0.15) is 16.3 Å². The van der Waals surface area contributed by atoms with Gasteiger partial charge in [0.2, 0.25) is 10.5 Å². The summed E-state index contributed by atoms with van der Waals surface area (Å²) in [7, 11) is 2.76. The van der Waals surface area contributed by atoms with Gasteiger partial charge in [-0.2, -0.15) is 14.9 Å². The molecule has 0 aliphatic carbocycles. The van der Waals surface area contributed by atoms with E-state index in [9.17, 15) is 10.1 Å². The van der Waals surface area contributed by atoms with Crippen LogP contribution in [0.4, 0.5) is 5.69 Å². The number of methoxy groups -OCH3 is 2. The second-order valence-corrected chi connectivity index (χ2v) is 6.71. The highest BCUT2D eigenvalue weighted by Crippen LogP contribution is 2.37. The number of ether oxygens (including phenoxy) is 2.